The molecule has 1 heterocycles. The minimum atomic E-state index is -0.105. The zero-order valence-electron chi connectivity index (χ0n) is 19.0. The predicted molar refractivity (Wildman–Crippen MR) is 128 cm³/mol. The molecule has 1 aliphatic rings. The van der Waals surface area contributed by atoms with Gasteiger partial charge in [-0.15, -0.1) is 0 Å². The summed E-state index contributed by atoms with van der Waals surface area (Å²) in [5.41, 5.74) is 1.09. The van der Waals surface area contributed by atoms with Crippen LogP contribution in [0.2, 0.25) is 5.02 Å². The topological polar surface area (TPSA) is 58.6 Å². The fraction of sp³-hybridized carbons (Fsp3) is 0.462. The van der Waals surface area contributed by atoms with Crippen LogP contribution >= 0.6 is 11.6 Å². The highest BCUT2D eigenvalue weighted by Gasteiger charge is 2.32. The smallest absolute Gasteiger partial charge is 0.260 e. The van der Waals surface area contributed by atoms with E-state index in [0.29, 0.717) is 38.2 Å². The van der Waals surface area contributed by atoms with Gasteiger partial charge in [0.2, 0.25) is 5.91 Å². The van der Waals surface area contributed by atoms with E-state index in [2.05, 4.69) is 31.3 Å². The Bertz CT molecular complexity index is 874. The van der Waals surface area contributed by atoms with Crippen molar-refractivity contribution in [3.63, 3.8) is 0 Å². The molecule has 6 heteroatoms. The summed E-state index contributed by atoms with van der Waals surface area (Å²) in [6.07, 6.45) is 3.21. The van der Waals surface area contributed by atoms with Crippen LogP contribution in [0.15, 0.2) is 54.6 Å². The highest BCUT2D eigenvalue weighted by atomic mass is 35.5. The minimum absolute atomic E-state index is 0.0253. The normalized spacial score (nSPS) is 14.8. The molecule has 1 fully saturated rings. The molecule has 0 atom stereocenters. The molecule has 0 unspecified atom stereocenters. The number of piperidine rings is 1. The van der Waals surface area contributed by atoms with E-state index >= 15 is 0 Å². The Balaban J connectivity index is 1.48. The number of rotatable bonds is 9. The Morgan fingerprint density at radius 2 is 1.66 bits per heavy atom. The Hall–Kier alpha value is -2.53. The van der Waals surface area contributed by atoms with Crippen molar-refractivity contribution in [2.75, 3.05) is 26.2 Å². The number of ether oxygens (including phenoxy) is 1. The lowest BCUT2D eigenvalue weighted by Crippen LogP contribution is -2.47. The van der Waals surface area contributed by atoms with Crippen LogP contribution in [0.25, 0.3) is 0 Å². The molecular formula is C26H33ClN2O3. The Morgan fingerprint density at radius 1 is 1.03 bits per heavy atom. The van der Waals surface area contributed by atoms with E-state index in [4.69, 9.17) is 16.3 Å². The van der Waals surface area contributed by atoms with E-state index in [0.717, 1.165) is 17.9 Å². The van der Waals surface area contributed by atoms with E-state index in [9.17, 15) is 9.59 Å². The van der Waals surface area contributed by atoms with E-state index < -0.39 is 0 Å². The van der Waals surface area contributed by atoms with E-state index in [1.807, 2.05) is 42.5 Å². The zero-order valence-corrected chi connectivity index (χ0v) is 19.7. The number of nitrogens with one attached hydrogen (secondary N) is 1. The summed E-state index contributed by atoms with van der Waals surface area (Å²) in [5.74, 6) is 0.668. The van der Waals surface area contributed by atoms with Crippen LogP contribution in [-0.2, 0) is 15.0 Å². The van der Waals surface area contributed by atoms with Crippen molar-refractivity contribution in [2.45, 2.75) is 44.9 Å². The first-order valence-corrected chi connectivity index (χ1v) is 11.8. The molecule has 1 aliphatic heterocycles. The number of amides is 2. The highest BCUT2D eigenvalue weighted by molar-refractivity contribution is 6.30. The number of carbonyl (C=O) groups is 2. The number of para-hydroxylation sites is 1. The first kappa shape index (κ1) is 24.1. The van der Waals surface area contributed by atoms with Gasteiger partial charge in [0.1, 0.15) is 5.75 Å². The van der Waals surface area contributed by atoms with Crippen molar-refractivity contribution in [3.8, 4) is 5.75 Å². The van der Waals surface area contributed by atoms with Crippen LogP contribution in [0.5, 0.6) is 5.75 Å². The fourth-order valence-corrected chi connectivity index (χ4v) is 4.48. The van der Waals surface area contributed by atoms with Crippen LogP contribution in [0.1, 0.15) is 45.1 Å². The van der Waals surface area contributed by atoms with Gasteiger partial charge in [-0.1, -0.05) is 55.8 Å². The number of hydrogen-bond donors (Lipinski definition) is 1. The first-order valence-electron chi connectivity index (χ1n) is 11.5. The van der Waals surface area contributed by atoms with Gasteiger partial charge in [0, 0.05) is 36.0 Å². The van der Waals surface area contributed by atoms with Gasteiger partial charge >= 0.3 is 0 Å². The van der Waals surface area contributed by atoms with Gasteiger partial charge in [0.15, 0.2) is 6.61 Å². The van der Waals surface area contributed by atoms with E-state index in [1.54, 1.807) is 4.90 Å². The molecule has 0 bridgehead atoms. The number of halogens is 1. The standard InChI is InChI=1S/C26H33ClN2O3/c1-3-26(4-2,21-10-12-22(27)13-11-21)19-28-25(31)20-14-16-29(17-15-20)24(30)18-32-23-8-6-5-7-9-23/h5-13,20H,3-4,14-19H2,1-2H3,(H,28,31). The quantitative estimate of drug-likeness (QED) is 0.587. The maximum absolute atomic E-state index is 12.9. The maximum atomic E-state index is 12.9. The molecule has 5 nitrogen and oxygen atoms in total. The van der Waals surface area contributed by atoms with Crippen molar-refractivity contribution in [2.24, 2.45) is 5.92 Å². The summed E-state index contributed by atoms with van der Waals surface area (Å²) < 4.78 is 5.57. The van der Waals surface area contributed by atoms with Gasteiger partial charge in [-0.25, -0.2) is 0 Å². The number of hydrogen-bond acceptors (Lipinski definition) is 3. The molecule has 0 radical (unpaired) electrons. The third-order valence-corrected chi connectivity index (χ3v) is 6.99. The Kier molecular flexibility index (Phi) is 8.57. The summed E-state index contributed by atoms with van der Waals surface area (Å²) in [7, 11) is 0. The summed E-state index contributed by atoms with van der Waals surface area (Å²) in [4.78, 5) is 27.1. The van der Waals surface area contributed by atoms with Crippen LogP contribution < -0.4 is 10.1 Å². The number of benzene rings is 2. The minimum Gasteiger partial charge on any atom is -0.484 e. The van der Waals surface area contributed by atoms with Crippen molar-refractivity contribution in [1.82, 2.24) is 10.2 Å². The summed E-state index contributed by atoms with van der Waals surface area (Å²) in [6.45, 7) is 6.11. The predicted octanol–water partition coefficient (Wildman–Crippen LogP) is 4.83. The second-order valence-electron chi connectivity index (χ2n) is 8.47. The Morgan fingerprint density at radius 3 is 2.25 bits per heavy atom. The lowest BCUT2D eigenvalue weighted by atomic mass is 9.75. The molecule has 32 heavy (non-hydrogen) atoms. The number of nitrogens with zero attached hydrogens (tertiary/aromatic N) is 1. The largest absolute Gasteiger partial charge is 0.484 e. The third kappa shape index (κ3) is 6.04. The first-order chi connectivity index (χ1) is 15.5. The molecule has 0 spiro atoms. The van der Waals surface area contributed by atoms with Crippen molar-refractivity contribution in [3.05, 3.63) is 65.2 Å². The lowest BCUT2D eigenvalue weighted by Gasteiger charge is -2.35. The van der Waals surface area contributed by atoms with Gasteiger partial charge in [0.05, 0.1) is 0 Å². The SMILES string of the molecule is CCC(CC)(CNC(=O)C1CCN(C(=O)COc2ccccc2)CC1)c1ccc(Cl)cc1. The van der Waals surface area contributed by atoms with Crippen molar-refractivity contribution >= 4 is 23.4 Å². The highest BCUT2D eigenvalue weighted by Crippen LogP contribution is 2.32. The monoisotopic (exact) mass is 456 g/mol. The second kappa shape index (κ2) is 11.4. The average molecular weight is 457 g/mol. The van der Waals surface area contributed by atoms with E-state index in [-0.39, 0.29) is 29.8 Å². The molecule has 0 aromatic heterocycles. The third-order valence-electron chi connectivity index (χ3n) is 6.74. The van der Waals surface area contributed by atoms with Gasteiger partial charge < -0.3 is 15.0 Å². The molecule has 0 saturated carbocycles. The molecule has 1 N–H and O–H groups in total. The molecule has 0 aliphatic carbocycles. The Labute approximate surface area is 196 Å². The van der Waals surface area contributed by atoms with Gasteiger partial charge in [-0.2, -0.15) is 0 Å². The number of carbonyl (C=O) groups excluding carboxylic acids is 2. The van der Waals surface area contributed by atoms with Crippen molar-refractivity contribution in [1.29, 1.82) is 0 Å². The summed E-state index contributed by atoms with van der Waals surface area (Å²) in [6, 6.07) is 17.3. The molecular weight excluding hydrogens is 424 g/mol. The van der Waals surface area contributed by atoms with Gasteiger partial charge in [-0.3, -0.25) is 9.59 Å². The fourth-order valence-electron chi connectivity index (χ4n) is 4.36. The maximum Gasteiger partial charge on any atom is 0.260 e. The average Bonchev–Trinajstić information content (AvgIpc) is 2.85. The van der Waals surface area contributed by atoms with Crippen LogP contribution in [0.4, 0.5) is 0 Å². The molecule has 2 aromatic rings. The summed E-state index contributed by atoms with van der Waals surface area (Å²) in [5, 5.41) is 3.92. The van der Waals surface area contributed by atoms with Gasteiger partial charge in [0.25, 0.3) is 5.91 Å². The molecule has 2 amide bonds. The second-order valence-corrected chi connectivity index (χ2v) is 8.91. The molecule has 1 saturated heterocycles. The van der Waals surface area contributed by atoms with Crippen LogP contribution in [0, 0.1) is 5.92 Å². The molecule has 2 aromatic carbocycles. The lowest BCUT2D eigenvalue weighted by molar-refractivity contribution is -0.137. The summed E-state index contributed by atoms with van der Waals surface area (Å²) >= 11 is 6.06. The van der Waals surface area contributed by atoms with Gasteiger partial charge in [-0.05, 0) is 55.5 Å². The van der Waals surface area contributed by atoms with E-state index in [1.165, 1.54) is 5.56 Å². The van der Waals surface area contributed by atoms with Crippen molar-refractivity contribution < 1.29 is 14.3 Å². The zero-order chi connectivity index (χ0) is 23.0. The van der Waals surface area contributed by atoms with Crippen LogP contribution in [-0.4, -0.2) is 43.0 Å². The molecule has 3 rings (SSSR count). The number of likely N-dealkylation sites (tertiary alicyclic amines) is 1. The molecule has 172 valence electrons. The van der Waals surface area contributed by atoms with Crippen LogP contribution in [0.3, 0.4) is 0 Å².